The van der Waals surface area contributed by atoms with Crippen LogP contribution in [0.4, 0.5) is 0 Å². The van der Waals surface area contributed by atoms with E-state index in [2.05, 4.69) is 149 Å². The molecule has 546 valence electrons. The summed E-state index contributed by atoms with van der Waals surface area (Å²) in [5.41, 5.74) is 0. The van der Waals surface area contributed by atoms with Crippen molar-refractivity contribution in [2.24, 2.45) is 0 Å². The molecule has 0 aliphatic carbocycles. The van der Waals surface area contributed by atoms with Gasteiger partial charge in [-0.05, 0) is 135 Å². The van der Waals surface area contributed by atoms with E-state index in [1.807, 2.05) is 18.2 Å². The van der Waals surface area contributed by atoms with Gasteiger partial charge >= 0.3 is 39.5 Å². The highest BCUT2D eigenvalue weighted by atomic mass is 31.2. The molecule has 0 bridgehead atoms. The Morgan fingerprint density at radius 3 is 0.979 bits per heavy atom. The molecular formula is C77H126O17P2. The zero-order valence-electron chi connectivity index (χ0n) is 59.2. The van der Waals surface area contributed by atoms with Crippen molar-refractivity contribution in [3.63, 3.8) is 0 Å². The maximum absolute atomic E-state index is 13.0. The first kappa shape index (κ1) is 90.9. The van der Waals surface area contributed by atoms with Crippen molar-refractivity contribution in [3.8, 4) is 0 Å². The third-order valence-corrected chi connectivity index (χ3v) is 16.2. The number of ether oxygens (including phenoxy) is 4. The number of phosphoric acid groups is 2. The number of unbranched alkanes of at least 4 members (excludes halogenated alkanes) is 17. The second kappa shape index (κ2) is 68.5. The molecule has 0 saturated carbocycles. The number of esters is 4. The average Bonchev–Trinajstić information content (AvgIpc) is 1.84. The molecule has 0 saturated heterocycles. The Hall–Kier alpha value is -5.06. The van der Waals surface area contributed by atoms with E-state index in [-0.39, 0.29) is 25.7 Å². The Labute approximate surface area is 579 Å². The summed E-state index contributed by atoms with van der Waals surface area (Å²) in [6.45, 7) is 4.33. The second-order valence-electron chi connectivity index (χ2n) is 23.4. The molecule has 0 heterocycles. The summed E-state index contributed by atoms with van der Waals surface area (Å²) in [7, 11) is -9.99. The van der Waals surface area contributed by atoms with Crippen molar-refractivity contribution in [2.75, 3.05) is 39.6 Å². The quantitative estimate of drug-likeness (QED) is 0.0169. The standard InChI is InChI=1S/C77H126O17P2/c1-5-9-13-17-21-25-29-32-34-35-37-40-43-46-50-54-58-62-75(80)87-67-72(93-76(81)63-59-55-51-47-41-28-24-20-16-12-8-4)69-91-95(83,84)89-65-71(78)66-90-96(85,86)92-70-73(94-77(82)64-60-56-52-48-44-38-31-27-23-19-15-11-7-3)68-88-74(79)61-57-53-49-45-42-39-36-33-30-26-22-18-14-10-6-2/h9-10,13-15,19-22,24-27,31-34,36-37,40,42,45,53,57,71-73,78H,5-8,11-12,16-18,23,28-30,35,38-39,41,43-44,46-52,54-56,58-70H2,1-4H3,(H,83,84)(H,85,86)/b13-9-,14-10-,19-15-,24-20-,25-21-,26-22-,31-27-,34-32-,36-33-,40-37-,45-42-,57-53-. The fourth-order valence-corrected chi connectivity index (χ4v) is 10.4. The molecule has 0 aliphatic rings. The molecule has 5 unspecified atom stereocenters. The fourth-order valence-electron chi connectivity index (χ4n) is 8.83. The molecule has 5 atom stereocenters. The van der Waals surface area contributed by atoms with Crippen molar-refractivity contribution in [1.29, 1.82) is 0 Å². The number of aliphatic hydroxyl groups is 1. The second-order valence-corrected chi connectivity index (χ2v) is 26.3. The number of carbonyl (C=O) groups is 4. The average molecular weight is 1390 g/mol. The predicted molar refractivity (Wildman–Crippen MR) is 390 cm³/mol. The highest BCUT2D eigenvalue weighted by Crippen LogP contribution is 2.45. The van der Waals surface area contributed by atoms with Crippen LogP contribution in [-0.2, 0) is 65.4 Å². The molecule has 0 spiro atoms. The summed E-state index contributed by atoms with van der Waals surface area (Å²) in [5.74, 6) is -2.39. The minimum absolute atomic E-state index is 0.0545. The Kier molecular flexibility index (Phi) is 64.9. The van der Waals surface area contributed by atoms with Gasteiger partial charge < -0.3 is 33.8 Å². The van der Waals surface area contributed by atoms with Crippen LogP contribution >= 0.6 is 15.6 Å². The van der Waals surface area contributed by atoms with Gasteiger partial charge in [0.2, 0.25) is 0 Å². The Morgan fingerprint density at radius 2 is 0.604 bits per heavy atom. The maximum atomic E-state index is 13.0. The van der Waals surface area contributed by atoms with Crippen LogP contribution in [0.2, 0.25) is 0 Å². The number of hydrogen-bond acceptors (Lipinski definition) is 15. The number of hydrogen-bond donors (Lipinski definition) is 3. The highest BCUT2D eigenvalue weighted by Gasteiger charge is 2.30. The lowest BCUT2D eigenvalue weighted by molar-refractivity contribution is -0.161. The summed E-state index contributed by atoms with van der Waals surface area (Å²) in [4.78, 5) is 72.6. The zero-order valence-corrected chi connectivity index (χ0v) is 61.0. The van der Waals surface area contributed by atoms with Gasteiger partial charge in [0, 0.05) is 19.3 Å². The van der Waals surface area contributed by atoms with Gasteiger partial charge in [0.15, 0.2) is 12.2 Å². The lowest BCUT2D eigenvalue weighted by atomic mass is 10.1. The van der Waals surface area contributed by atoms with E-state index in [9.17, 15) is 43.2 Å². The van der Waals surface area contributed by atoms with Crippen LogP contribution in [0.1, 0.15) is 259 Å². The monoisotopic (exact) mass is 1380 g/mol. The van der Waals surface area contributed by atoms with E-state index >= 15 is 0 Å². The number of aliphatic hydroxyl groups excluding tert-OH is 1. The molecule has 0 rings (SSSR count). The molecule has 0 aromatic heterocycles. The molecule has 0 radical (unpaired) electrons. The maximum Gasteiger partial charge on any atom is 0.472 e. The number of carbonyl (C=O) groups excluding carboxylic acids is 4. The molecule has 19 heteroatoms. The number of allylic oxidation sites excluding steroid dienone is 23. The first-order valence-electron chi connectivity index (χ1n) is 36.1. The lowest BCUT2D eigenvalue weighted by Gasteiger charge is -2.21. The van der Waals surface area contributed by atoms with Crippen molar-refractivity contribution >= 4 is 39.5 Å². The van der Waals surface area contributed by atoms with Crippen molar-refractivity contribution < 1.29 is 80.2 Å². The van der Waals surface area contributed by atoms with E-state index < -0.39 is 97.5 Å². The molecule has 0 fully saturated rings. The molecule has 96 heavy (non-hydrogen) atoms. The van der Waals surface area contributed by atoms with E-state index in [0.717, 1.165) is 167 Å². The van der Waals surface area contributed by atoms with E-state index in [4.69, 9.17) is 37.0 Å². The fraction of sp³-hybridized carbons (Fsp3) is 0.636. The molecule has 0 aromatic rings. The van der Waals surface area contributed by atoms with Crippen LogP contribution in [0, 0.1) is 0 Å². The Balaban J connectivity index is 5.42. The van der Waals surface area contributed by atoms with E-state index in [1.54, 1.807) is 6.08 Å². The van der Waals surface area contributed by atoms with Gasteiger partial charge in [0.1, 0.15) is 19.3 Å². The number of rotatable bonds is 66. The van der Waals surface area contributed by atoms with Crippen LogP contribution in [0.25, 0.3) is 0 Å². The van der Waals surface area contributed by atoms with E-state index in [0.29, 0.717) is 25.7 Å². The molecule has 0 amide bonds. The Morgan fingerprint density at radius 1 is 0.312 bits per heavy atom. The van der Waals surface area contributed by atoms with Crippen molar-refractivity contribution in [3.05, 3.63) is 146 Å². The number of phosphoric ester groups is 2. The molecule has 17 nitrogen and oxygen atoms in total. The van der Waals surface area contributed by atoms with Crippen LogP contribution in [0.5, 0.6) is 0 Å². The van der Waals surface area contributed by atoms with Gasteiger partial charge in [-0.15, -0.1) is 0 Å². The molecule has 0 aromatic carbocycles. The lowest BCUT2D eigenvalue weighted by Crippen LogP contribution is -2.30. The van der Waals surface area contributed by atoms with Gasteiger partial charge in [-0.3, -0.25) is 37.3 Å². The first-order valence-corrected chi connectivity index (χ1v) is 39.1. The minimum Gasteiger partial charge on any atom is -0.462 e. The summed E-state index contributed by atoms with van der Waals surface area (Å²) >= 11 is 0. The largest absolute Gasteiger partial charge is 0.472 e. The summed E-state index contributed by atoms with van der Waals surface area (Å²) < 4.78 is 68.1. The molecule has 0 aliphatic heterocycles. The highest BCUT2D eigenvalue weighted by molar-refractivity contribution is 7.47. The third-order valence-electron chi connectivity index (χ3n) is 14.3. The third kappa shape index (κ3) is 67.5. The minimum atomic E-state index is -5.00. The van der Waals surface area contributed by atoms with Crippen LogP contribution in [0.3, 0.4) is 0 Å². The molecular weight excluding hydrogens is 1260 g/mol. The van der Waals surface area contributed by atoms with Crippen LogP contribution < -0.4 is 0 Å². The van der Waals surface area contributed by atoms with Crippen molar-refractivity contribution in [1.82, 2.24) is 0 Å². The molecule has 3 N–H and O–H groups in total. The van der Waals surface area contributed by atoms with E-state index in [1.165, 1.54) is 12.8 Å². The van der Waals surface area contributed by atoms with Crippen molar-refractivity contribution in [2.45, 2.75) is 277 Å². The SMILES string of the molecule is CC/C=C\C/C=C\C/C=C\C/C=C\C/C=C\CC(=O)OCC(COP(=O)(O)OCC(O)COP(=O)(O)OCC(COC(=O)CCCCCC/C=C\C/C=C\C/C=C\C/C=C\CC)OC(=O)CCCCCCC/C=C\CCCC)OC(=O)CCCCCCC/C=C\C/C=C\CCC. The van der Waals surface area contributed by atoms with Gasteiger partial charge in [0.25, 0.3) is 0 Å². The van der Waals surface area contributed by atoms with Crippen LogP contribution in [0.15, 0.2) is 146 Å². The van der Waals surface area contributed by atoms with Gasteiger partial charge in [-0.2, -0.15) is 0 Å². The summed E-state index contributed by atoms with van der Waals surface area (Å²) in [6.07, 6.45) is 76.0. The first-order chi connectivity index (χ1) is 46.7. The van der Waals surface area contributed by atoms with Gasteiger partial charge in [0.05, 0.1) is 32.8 Å². The predicted octanol–water partition coefficient (Wildman–Crippen LogP) is 20.3. The van der Waals surface area contributed by atoms with Gasteiger partial charge in [-0.1, -0.05) is 244 Å². The smallest absolute Gasteiger partial charge is 0.462 e. The van der Waals surface area contributed by atoms with Crippen LogP contribution in [-0.4, -0.2) is 96.7 Å². The normalized spacial score (nSPS) is 14.9. The van der Waals surface area contributed by atoms with Gasteiger partial charge in [-0.25, -0.2) is 9.13 Å². The topological polar surface area (TPSA) is 237 Å². The summed E-state index contributed by atoms with van der Waals surface area (Å²) in [6, 6.07) is 0. The Bertz CT molecular complexity index is 2400. The zero-order chi connectivity index (χ0) is 70.4. The summed E-state index contributed by atoms with van der Waals surface area (Å²) in [5, 5.41) is 10.6.